The lowest BCUT2D eigenvalue weighted by Crippen LogP contribution is -2.50. The maximum atomic E-state index is 12.3. The van der Waals surface area contributed by atoms with Crippen LogP contribution in [0.15, 0.2) is 42.5 Å². The molecule has 2 N–H and O–H groups in total. The zero-order valence-corrected chi connectivity index (χ0v) is 18.7. The summed E-state index contributed by atoms with van der Waals surface area (Å²) in [5.74, 6) is -0.771. The van der Waals surface area contributed by atoms with Crippen LogP contribution in [0, 0.1) is 6.92 Å². The van der Waals surface area contributed by atoms with Gasteiger partial charge < -0.3 is 15.4 Å². The summed E-state index contributed by atoms with van der Waals surface area (Å²) in [5, 5.41) is 6.07. The molecule has 0 saturated carbocycles. The van der Waals surface area contributed by atoms with Gasteiger partial charge in [0.05, 0.1) is 13.1 Å². The first-order chi connectivity index (χ1) is 15.6. The number of hydrogen-bond donors (Lipinski definition) is 2. The van der Waals surface area contributed by atoms with E-state index in [1.54, 1.807) is 12.1 Å². The van der Waals surface area contributed by atoms with Crippen molar-refractivity contribution in [2.24, 2.45) is 0 Å². The highest BCUT2D eigenvalue weighted by atomic mass is 35.5. The first-order valence-electron chi connectivity index (χ1n) is 10.2. The van der Waals surface area contributed by atoms with E-state index in [-0.39, 0.29) is 30.7 Å². The molecule has 1 heterocycles. The van der Waals surface area contributed by atoms with Gasteiger partial charge >= 0.3 is 6.36 Å². The maximum absolute atomic E-state index is 12.3. The highest BCUT2D eigenvalue weighted by Gasteiger charge is 2.31. The molecule has 33 heavy (non-hydrogen) atoms. The molecule has 0 atom stereocenters. The van der Waals surface area contributed by atoms with Crippen LogP contribution < -0.4 is 15.4 Å². The number of alkyl halides is 3. The van der Waals surface area contributed by atoms with E-state index in [1.165, 1.54) is 12.1 Å². The molecule has 2 amide bonds. The first-order valence-corrected chi connectivity index (χ1v) is 10.6. The summed E-state index contributed by atoms with van der Waals surface area (Å²) in [6.45, 7) is 4.72. The Labute approximate surface area is 194 Å². The van der Waals surface area contributed by atoms with E-state index in [9.17, 15) is 22.8 Å². The van der Waals surface area contributed by atoms with Crippen LogP contribution in [0.5, 0.6) is 5.75 Å². The fourth-order valence-corrected chi connectivity index (χ4v) is 3.50. The zero-order valence-electron chi connectivity index (χ0n) is 17.9. The van der Waals surface area contributed by atoms with E-state index < -0.39 is 6.36 Å². The molecular weight excluding hydrogens is 461 g/mol. The van der Waals surface area contributed by atoms with Crippen LogP contribution in [-0.4, -0.2) is 67.2 Å². The molecule has 11 heteroatoms. The van der Waals surface area contributed by atoms with Gasteiger partial charge in [-0.1, -0.05) is 17.7 Å². The molecule has 3 rings (SSSR count). The minimum atomic E-state index is -4.76. The smallest absolute Gasteiger partial charge is 0.406 e. The average Bonchev–Trinajstić information content (AvgIpc) is 2.72. The van der Waals surface area contributed by atoms with Crippen LogP contribution in [0.3, 0.4) is 0 Å². The summed E-state index contributed by atoms with van der Waals surface area (Å²) in [7, 11) is 0. The van der Waals surface area contributed by atoms with E-state index in [0.717, 1.165) is 17.7 Å². The second kappa shape index (κ2) is 10.9. The van der Waals surface area contributed by atoms with Crippen molar-refractivity contribution in [3.05, 3.63) is 53.1 Å². The third kappa shape index (κ3) is 8.23. The number of anilines is 2. The van der Waals surface area contributed by atoms with Gasteiger partial charge in [-0.3, -0.25) is 19.4 Å². The molecule has 1 fully saturated rings. The van der Waals surface area contributed by atoms with Gasteiger partial charge in [0.1, 0.15) is 5.75 Å². The summed E-state index contributed by atoms with van der Waals surface area (Å²) < 4.78 is 40.4. The predicted molar refractivity (Wildman–Crippen MR) is 119 cm³/mol. The molecule has 0 aromatic heterocycles. The Morgan fingerprint density at radius 3 is 1.88 bits per heavy atom. The standard InChI is InChI=1S/C22H24ClF3N4O3/c1-15-2-3-17(12-19(15)23)28-21(32)14-30-10-8-29(9-11-30)13-20(31)27-16-4-6-18(7-5-16)33-22(24,25)26/h2-7,12H,8-11,13-14H2,1H3,(H,27,31)(H,28,32). The Hall–Kier alpha value is -2.82. The number of ether oxygens (including phenoxy) is 1. The third-order valence-corrected chi connectivity index (χ3v) is 5.43. The lowest BCUT2D eigenvalue weighted by molar-refractivity contribution is -0.274. The summed E-state index contributed by atoms with van der Waals surface area (Å²) in [6, 6.07) is 10.3. The van der Waals surface area contributed by atoms with Gasteiger partial charge in [0.15, 0.2) is 0 Å². The number of hydrogen-bond acceptors (Lipinski definition) is 5. The topological polar surface area (TPSA) is 73.9 Å². The van der Waals surface area contributed by atoms with E-state index in [0.29, 0.717) is 42.6 Å². The van der Waals surface area contributed by atoms with Gasteiger partial charge in [-0.25, -0.2) is 0 Å². The highest BCUT2D eigenvalue weighted by molar-refractivity contribution is 6.31. The van der Waals surface area contributed by atoms with Crippen molar-refractivity contribution in [2.45, 2.75) is 13.3 Å². The number of nitrogens with zero attached hydrogens (tertiary/aromatic N) is 2. The zero-order chi connectivity index (χ0) is 24.0. The van der Waals surface area contributed by atoms with E-state index >= 15 is 0 Å². The van der Waals surface area contributed by atoms with Crippen LogP contribution in [0.1, 0.15) is 5.56 Å². The largest absolute Gasteiger partial charge is 0.573 e. The van der Waals surface area contributed by atoms with Crippen LogP contribution in [0.2, 0.25) is 5.02 Å². The second-order valence-electron chi connectivity index (χ2n) is 7.68. The molecule has 0 radical (unpaired) electrons. The monoisotopic (exact) mass is 484 g/mol. The van der Waals surface area contributed by atoms with Gasteiger partial charge in [-0.05, 0) is 48.9 Å². The Bertz CT molecular complexity index is 978. The summed E-state index contributed by atoms with van der Waals surface area (Å²) in [6.07, 6.45) is -4.76. The number of aryl methyl sites for hydroxylation is 1. The molecule has 2 aromatic rings. The minimum Gasteiger partial charge on any atom is -0.406 e. The number of carbonyl (C=O) groups excluding carboxylic acids is 2. The van der Waals surface area contributed by atoms with Crippen molar-refractivity contribution in [3.8, 4) is 5.75 Å². The number of carbonyl (C=O) groups is 2. The second-order valence-corrected chi connectivity index (χ2v) is 8.09. The molecule has 0 aliphatic carbocycles. The van der Waals surface area contributed by atoms with Gasteiger partial charge in [0.25, 0.3) is 0 Å². The number of benzene rings is 2. The highest BCUT2D eigenvalue weighted by Crippen LogP contribution is 2.24. The Morgan fingerprint density at radius 1 is 0.909 bits per heavy atom. The maximum Gasteiger partial charge on any atom is 0.573 e. The molecule has 178 valence electrons. The molecule has 0 spiro atoms. The molecule has 0 unspecified atom stereocenters. The SMILES string of the molecule is Cc1ccc(NC(=O)CN2CCN(CC(=O)Nc3ccc(OC(F)(F)F)cc3)CC2)cc1Cl. The van der Waals surface area contributed by atoms with Crippen LogP contribution in [0.25, 0.3) is 0 Å². The molecule has 0 bridgehead atoms. The van der Waals surface area contributed by atoms with E-state index in [1.807, 2.05) is 22.8 Å². The van der Waals surface area contributed by atoms with Crippen molar-refractivity contribution in [1.29, 1.82) is 0 Å². The Kier molecular flexibility index (Phi) is 8.17. The van der Waals surface area contributed by atoms with Gasteiger partial charge in [0.2, 0.25) is 11.8 Å². The van der Waals surface area contributed by atoms with Crippen LogP contribution in [0.4, 0.5) is 24.5 Å². The number of amides is 2. The van der Waals surface area contributed by atoms with Crippen molar-refractivity contribution in [2.75, 3.05) is 49.9 Å². The molecule has 1 aliphatic heterocycles. The predicted octanol–water partition coefficient (Wildman–Crippen LogP) is 3.74. The van der Waals surface area contributed by atoms with E-state index in [2.05, 4.69) is 15.4 Å². The van der Waals surface area contributed by atoms with E-state index in [4.69, 9.17) is 11.6 Å². The lowest BCUT2D eigenvalue weighted by Gasteiger charge is -2.33. The first kappa shape index (κ1) is 24.8. The molecule has 2 aromatic carbocycles. The lowest BCUT2D eigenvalue weighted by atomic mass is 10.2. The number of rotatable bonds is 7. The Balaban J connectivity index is 1.38. The van der Waals surface area contributed by atoms with Crippen molar-refractivity contribution < 1.29 is 27.5 Å². The summed E-state index contributed by atoms with van der Waals surface area (Å²) in [5.41, 5.74) is 1.95. The van der Waals surface area contributed by atoms with Crippen LogP contribution >= 0.6 is 11.6 Å². The van der Waals surface area contributed by atoms with Crippen molar-refractivity contribution in [1.82, 2.24) is 9.80 Å². The Morgan fingerprint density at radius 2 is 1.39 bits per heavy atom. The minimum absolute atomic E-state index is 0.140. The fourth-order valence-electron chi connectivity index (χ4n) is 3.32. The normalized spacial score (nSPS) is 15.2. The van der Waals surface area contributed by atoms with Gasteiger partial charge in [-0.15, -0.1) is 13.2 Å². The number of nitrogens with one attached hydrogen (secondary N) is 2. The average molecular weight is 485 g/mol. The van der Waals surface area contributed by atoms with Gasteiger partial charge in [0, 0.05) is 42.6 Å². The molecule has 1 aliphatic rings. The van der Waals surface area contributed by atoms with Crippen molar-refractivity contribution in [3.63, 3.8) is 0 Å². The van der Waals surface area contributed by atoms with Crippen molar-refractivity contribution >= 4 is 34.8 Å². The number of piperazine rings is 1. The fraction of sp³-hybridized carbons (Fsp3) is 0.364. The molecule has 7 nitrogen and oxygen atoms in total. The quantitative estimate of drug-likeness (QED) is 0.626. The number of halogens is 4. The van der Waals surface area contributed by atoms with Gasteiger partial charge in [-0.2, -0.15) is 0 Å². The molecular formula is C22H24ClF3N4O3. The molecule has 1 saturated heterocycles. The van der Waals surface area contributed by atoms with Crippen LogP contribution in [-0.2, 0) is 9.59 Å². The summed E-state index contributed by atoms with van der Waals surface area (Å²) in [4.78, 5) is 28.5. The third-order valence-electron chi connectivity index (χ3n) is 5.03. The summed E-state index contributed by atoms with van der Waals surface area (Å²) >= 11 is 6.08.